The molecule has 30 heavy (non-hydrogen) atoms. The predicted molar refractivity (Wildman–Crippen MR) is 110 cm³/mol. The third-order valence-electron chi connectivity index (χ3n) is 4.16. The lowest BCUT2D eigenvalue weighted by molar-refractivity contribution is -0.385. The van der Waals surface area contributed by atoms with Gasteiger partial charge in [-0.25, -0.2) is 9.78 Å². The fourth-order valence-corrected chi connectivity index (χ4v) is 3.53. The Kier molecular flexibility index (Phi) is 5.02. The van der Waals surface area contributed by atoms with Gasteiger partial charge in [-0.1, -0.05) is 6.07 Å². The van der Waals surface area contributed by atoms with E-state index in [0.29, 0.717) is 27.5 Å². The van der Waals surface area contributed by atoms with E-state index in [1.807, 2.05) is 0 Å². The topological polar surface area (TPSA) is 140 Å². The minimum Gasteiger partial charge on any atom is -0.487 e. The van der Waals surface area contributed by atoms with Crippen LogP contribution in [0.4, 0.5) is 10.8 Å². The Morgan fingerprint density at radius 1 is 1.33 bits per heavy atom. The van der Waals surface area contributed by atoms with Crippen LogP contribution in [0.2, 0.25) is 0 Å². The summed E-state index contributed by atoms with van der Waals surface area (Å²) in [6, 6.07) is 9.14. The van der Waals surface area contributed by atoms with Gasteiger partial charge in [0.05, 0.1) is 22.7 Å². The van der Waals surface area contributed by atoms with Crippen LogP contribution in [0.25, 0.3) is 22.4 Å². The second-order valence-electron chi connectivity index (χ2n) is 6.09. The average molecular weight is 426 g/mol. The second-order valence-corrected chi connectivity index (χ2v) is 6.95. The van der Waals surface area contributed by atoms with Gasteiger partial charge in [0.15, 0.2) is 16.5 Å². The molecule has 0 saturated carbocycles. The molecule has 0 aliphatic carbocycles. The molecule has 11 heteroatoms. The van der Waals surface area contributed by atoms with Crippen molar-refractivity contribution < 1.29 is 18.9 Å². The highest BCUT2D eigenvalue weighted by Gasteiger charge is 2.19. The molecule has 10 nitrogen and oxygen atoms in total. The Hall–Kier alpha value is -3.99. The Balaban J connectivity index is 1.55. The standard InChI is InChI=1S/C19H14N4O6S/c1-2-28-15-6-4-11(7-14(15)23(26)27)17(24)22-18-20-13(9-30-18)10-3-5-12-16(8-10)29-19(25)21-12/h3-9H,2H2,1H3,(H,21,25)(H,20,22,24). The summed E-state index contributed by atoms with van der Waals surface area (Å²) in [5.74, 6) is -0.977. The molecular weight excluding hydrogens is 412 g/mol. The molecule has 2 aromatic carbocycles. The van der Waals surface area contributed by atoms with Crippen LogP contribution in [0, 0.1) is 10.1 Å². The predicted octanol–water partition coefficient (Wildman–Crippen LogP) is 3.80. The summed E-state index contributed by atoms with van der Waals surface area (Å²) in [7, 11) is 0. The van der Waals surface area contributed by atoms with E-state index >= 15 is 0 Å². The van der Waals surface area contributed by atoms with E-state index in [0.717, 1.165) is 6.07 Å². The SMILES string of the molecule is CCOc1ccc(C(=O)Nc2nc(-c3ccc4[nH]c(=O)oc4c3)cs2)cc1[N+](=O)[O-]. The van der Waals surface area contributed by atoms with Crippen molar-refractivity contribution in [1.82, 2.24) is 9.97 Å². The summed E-state index contributed by atoms with van der Waals surface area (Å²) in [5.41, 5.74) is 2.09. The maximum atomic E-state index is 12.5. The number of carbonyl (C=O) groups is 1. The third kappa shape index (κ3) is 3.78. The molecule has 0 spiro atoms. The van der Waals surface area contributed by atoms with Crippen molar-refractivity contribution in [2.75, 3.05) is 11.9 Å². The van der Waals surface area contributed by atoms with E-state index in [9.17, 15) is 19.7 Å². The molecule has 0 aliphatic heterocycles. The zero-order chi connectivity index (χ0) is 21.3. The van der Waals surface area contributed by atoms with Crippen LogP contribution >= 0.6 is 11.3 Å². The molecule has 0 bridgehead atoms. The monoisotopic (exact) mass is 426 g/mol. The number of nitrogens with one attached hydrogen (secondary N) is 2. The third-order valence-corrected chi connectivity index (χ3v) is 4.92. The van der Waals surface area contributed by atoms with Crippen LogP contribution in [0.5, 0.6) is 5.75 Å². The summed E-state index contributed by atoms with van der Waals surface area (Å²) in [6.45, 7) is 1.98. The maximum absolute atomic E-state index is 12.5. The number of thiazole rings is 1. The van der Waals surface area contributed by atoms with Gasteiger partial charge in [-0.15, -0.1) is 11.3 Å². The number of nitrogens with zero attached hydrogens (tertiary/aromatic N) is 2. The number of benzene rings is 2. The molecule has 0 atom stereocenters. The van der Waals surface area contributed by atoms with Gasteiger partial charge < -0.3 is 9.15 Å². The van der Waals surface area contributed by atoms with E-state index in [1.54, 1.807) is 30.5 Å². The number of carbonyl (C=O) groups excluding carboxylic acids is 1. The van der Waals surface area contributed by atoms with Gasteiger partial charge >= 0.3 is 11.4 Å². The molecule has 1 amide bonds. The van der Waals surface area contributed by atoms with Crippen molar-refractivity contribution >= 4 is 39.2 Å². The van der Waals surface area contributed by atoms with Crippen molar-refractivity contribution in [3.63, 3.8) is 0 Å². The van der Waals surface area contributed by atoms with Gasteiger partial charge in [0.1, 0.15) is 0 Å². The van der Waals surface area contributed by atoms with Gasteiger partial charge in [-0.2, -0.15) is 0 Å². The highest BCUT2D eigenvalue weighted by Crippen LogP contribution is 2.30. The molecule has 2 aromatic heterocycles. The Morgan fingerprint density at radius 2 is 2.17 bits per heavy atom. The average Bonchev–Trinajstić information content (AvgIpc) is 3.33. The van der Waals surface area contributed by atoms with Crippen molar-refractivity contribution in [2.45, 2.75) is 6.92 Å². The molecule has 0 radical (unpaired) electrons. The van der Waals surface area contributed by atoms with Crippen LogP contribution in [0.1, 0.15) is 17.3 Å². The number of hydrogen-bond donors (Lipinski definition) is 2. The number of rotatable bonds is 6. The summed E-state index contributed by atoms with van der Waals surface area (Å²) in [5, 5.41) is 15.9. The van der Waals surface area contributed by atoms with E-state index in [2.05, 4.69) is 15.3 Å². The molecule has 0 saturated heterocycles. The summed E-state index contributed by atoms with van der Waals surface area (Å²) >= 11 is 1.20. The van der Waals surface area contributed by atoms with E-state index in [1.165, 1.54) is 23.5 Å². The number of hydrogen-bond acceptors (Lipinski definition) is 8. The van der Waals surface area contributed by atoms with Crippen LogP contribution in [-0.2, 0) is 0 Å². The summed E-state index contributed by atoms with van der Waals surface area (Å²) < 4.78 is 10.3. The normalized spacial score (nSPS) is 10.8. The molecular formula is C19H14N4O6S. The van der Waals surface area contributed by atoms with E-state index < -0.39 is 16.6 Å². The van der Waals surface area contributed by atoms with Crippen LogP contribution < -0.4 is 15.8 Å². The van der Waals surface area contributed by atoms with Crippen molar-refractivity contribution in [3.05, 3.63) is 68.0 Å². The lowest BCUT2D eigenvalue weighted by atomic mass is 10.1. The van der Waals surface area contributed by atoms with Crippen molar-refractivity contribution in [3.8, 4) is 17.0 Å². The Morgan fingerprint density at radius 3 is 2.93 bits per heavy atom. The highest BCUT2D eigenvalue weighted by molar-refractivity contribution is 7.14. The first kappa shape index (κ1) is 19.3. The largest absolute Gasteiger partial charge is 0.487 e. The van der Waals surface area contributed by atoms with Crippen molar-refractivity contribution in [1.29, 1.82) is 0 Å². The zero-order valence-electron chi connectivity index (χ0n) is 15.5. The van der Waals surface area contributed by atoms with Crippen LogP contribution in [0.3, 0.4) is 0 Å². The minimum atomic E-state index is -0.598. The number of aromatic nitrogens is 2. The molecule has 0 aliphatic rings. The van der Waals surface area contributed by atoms with Gasteiger partial charge in [0, 0.05) is 22.6 Å². The molecule has 2 heterocycles. The number of aromatic amines is 1. The fourth-order valence-electron chi connectivity index (χ4n) is 2.82. The first-order chi connectivity index (χ1) is 14.4. The number of nitro groups is 1. The lowest BCUT2D eigenvalue weighted by Crippen LogP contribution is -2.12. The molecule has 2 N–H and O–H groups in total. The number of oxazole rings is 1. The highest BCUT2D eigenvalue weighted by atomic mass is 32.1. The maximum Gasteiger partial charge on any atom is 0.417 e. The quantitative estimate of drug-likeness (QED) is 0.353. The number of amides is 1. The molecule has 4 aromatic rings. The zero-order valence-corrected chi connectivity index (χ0v) is 16.3. The number of H-pyrrole nitrogens is 1. The van der Waals surface area contributed by atoms with Crippen LogP contribution in [-0.4, -0.2) is 27.4 Å². The second kappa shape index (κ2) is 7.79. The van der Waals surface area contributed by atoms with Crippen LogP contribution in [0.15, 0.2) is 51.0 Å². The number of anilines is 1. The Bertz CT molecular complexity index is 1320. The number of fused-ring (bicyclic) bond motifs is 1. The lowest BCUT2D eigenvalue weighted by Gasteiger charge is -2.06. The summed E-state index contributed by atoms with van der Waals surface area (Å²) in [4.78, 5) is 41.4. The fraction of sp³-hybridized carbons (Fsp3) is 0.105. The molecule has 4 rings (SSSR count). The van der Waals surface area contributed by atoms with Gasteiger partial charge in [0.25, 0.3) is 5.91 Å². The minimum absolute atomic E-state index is 0.0994. The van der Waals surface area contributed by atoms with Crippen molar-refractivity contribution in [2.24, 2.45) is 0 Å². The van der Waals surface area contributed by atoms with Gasteiger partial charge in [-0.3, -0.25) is 25.2 Å². The molecule has 152 valence electrons. The molecule has 0 fully saturated rings. The smallest absolute Gasteiger partial charge is 0.417 e. The molecule has 0 unspecified atom stereocenters. The number of nitro benzene ring substituents is 1. The first-order valence-corrected chi connectivity index (χ1v) is 9.64. The van der Waals surface area contributed by atoms with Gasteiger partial charge in [-0.05, 0) is 31.2 Å². The number of ether oxygens (including phenoxy) is 1. The van der Waals surface area contributed by atoms with E-state index in [4.69, 9.17) is 9.15 Å². The summed E-state index contributed by atoms with van der Waals surface area (Å²) in [6.07, 6.45) is 0. The first-order valence-electron chi connectivity index (χ1n) is 8.76. The Labute approximate surface area is 172 Å². The van der Waals surface area contributed by atoms with Gasteiger partial charge in [0.2, 0.25) is 0 Å². The van der Waals surface area contributed by atoms with E-state index in [-0.39, 0.29) is 23.6 Å².